The Kier molecular flexibility index (Phi) is 11.7. The van der Waals surface area contributed by atoms with E-state index >= 15 is 0 Å². The van der Waals surface area contributed by atoms with Crippen LogP contribution >= 0.6 is 0 Å². The number of hydrogen-bond acceptors (Lipinski definition) is 10. The molecule has 0 bridgehead atoms. The van der Waals surface area contributed by atoms with Gasteiger partial charge in [-0.3, -0.25) is 9.59 Å². The summed E-state index contributed by atoms with van der Waals surface area (Å²) in [5, 5.41) is 16.2. The van der Waals surface area contributed by atoms with E-state index in [1.54, 1.807) is 73.0 Å². The van der Waals surface area contributed by atoms with Crippen molar-refractivity contribution in [3.8, 4) is 5.75 Å². The van der Waals surface area contributed by atoms with Gasteiger partial charge in [0.1, 0.15) is 11.3 Å². The summed E-state index contributed by atoms with van der Waals surface area (Å²) in [6.45, 7) is -0.543. The summed E-state index contributed by atoms with van der Waals surface area (Å²) in [6.07, 6.45) is 2.79. The van der Waals surface area contributed by atoms with Crippen LogP contribution in [-0.4, -0.2) is 69.3 Å². The maximum Gasteiger partial charge on any atom is 0.286 e. The van der Waals surface area contributed by atoms with Crippen LogP contribution < -0.4 is 21.1 Å². The van der Waals surface area contributed by atoms with Crippen molar-refractivity contribution in [2.24, 2.45) is 0 Å². The number of amides is 2. The van der Waals surface area contributed by atoms with Crippen molar-refractivity contribution in [2.75, 3.05) is 44.5 Å². The van der Waals surface area contributed by atoms with Crippen molar-refractivity contribution in [3.63, 3.8) is 0 Å². The number of benzene rings is 4. The van der Waals surface area contributed by atoms with E-state index in [-0.39, 0.29) is 48.7 Å². The number of aliphatic hydroxyl groups is 1. The van der Waals surface area contributed by atoms with E-state index in [9.17, 15) is 23.1 Å². The number of anilines is 2. The zero-order valence-corrected chi connectivity index (χ0v) is 29.8. The third kappa shape index (κ3) is 8.87. The lowest BCUT2D eigenvalue weighted by Gasteiger charge is -2.30. The Bertz CT molecular complexity index is 2180. The Hall–Kier alpha value is -5.67. The van der Waals surface area contributed by atoms with Crippen LogP contribution in [0.2, 0.25) is 0 Å². The Morgan fingerprint density at radius 1 is 0.943 bits per heavy atom. The van der Waals surface area contributed by atoms with Crippen molar-refractivity contribution in [3.05, 3.63) is 132 Å². The molecule has 53 heavy (non-hydrogen) atoms. The fourth-order valence-electron chi connectivity index (χ4n) is 5.92. The van der Waals surface area contributed by atoms with Crippen LogP contribution in [0, 0.1) is 0 Å². The molecular weight excluding hydrogens is 701 g/mol. The van der Waals surface area contributed by atoms with Gasteiger partial charge in [0.25, 0.3) is 11.8 Å². The Morgan fingerprint density at radius 2 is 1.68 bits per heavy atom. The van der Waals surface area contributed by atoms with Gasteiger partial charge in [0.2, 0.25) is 16.3 Å². The third-order valence-corrected chi connectivity index (χ3v) is 10.7. The van der Waals surface area contributed by atoms with Crippen molar-refractivity contribution in [1.29, 1.82) is 0 Å². The van der Waals surface area contributed by atoms with Crippen LogP contribution in [0.15, 0.2) is 124 Å². The predicted octanol–water partition coefficient (Wildman–Crippen LogP) is 5.01. The first-order chi connectivity index (χ1) is 25.7. The van der Waals surface area contributed by atoms with Crippen LogP contribution in [0.1, 0.15) is 33.8 Å². The van der Waals surface area contributed by atoms with Gasteiger partial charge in [-0.25, -0.2) is 8.42 Å². The minimum absolute atomic E-state index is 0.0334. The lowest BCUT2D eigenvalue weighted by atomic mass is 9.92. The van der Waals surface area contributed by atoms with E-state index < -0.39 is 28.8 Å². The van der Waals surface area contributed by atoms with Gasteiger partial charge in [-0.1, -0.05) is 42.5 Å². The molecule has 0 fully saturated rings. The number of nitrogen functional groups attached to an aromatic ring is 1. The molecular formula is C39H40N4O9S. The quantitative estimate of drug-likeness (QED) is 0.107. The number of ether oxygens (including phenoxy) is 3. The predicted molar refractivity (Wildman–Crippen MR) is 198 cm³/mol. The summed E-state index contributed by atoms with van der Waals surface area (Å²) in [6, 6.07) is 27.3. The SMILES string of the molecule is COc1ccc(S(=O)(=O)N(CCO)CCOC2CC(c3coc4ccccc34)C=C(C(=O)NCc3ccc(C(=O)Nc4ccccc4N)cc3)O2)cc1. The summed E-state index contributed by atoms with van der Waals surface area (Å²) in [5.74, 6) is -0.587. The lowest BCUT2D eigenvalue weighted by Crippen LogP contribution is -2.38. The minimum Gasteiger partial charge on any atom is -0.497 e. The third-order valence-electron chi connectivity index (χ3n) is 8.76. The van der Waals surface area contributed by atoms with E-state index in [1.165, 1.54) is 19.2 Å². The molecule has 2 unspecified atom stereocenters. The topological polar surface area (TPSA) is 183 Å². The summed E-state index contributed by atoms with van der Waals surface area (Å²) in [5.41, 5.74) is 9.62. The number of rotatable bonds is 15. The Balaban J connectivity index is 1.13. The average molecular weight is 741 g/mol. The molecule has 0 aliphatic carbocycles. The van der Waals surface area contributed by atoms with E-state index in [4.69, 9.17) is 24.4 Å². The van der Waals surface area contributed by atoms with E-state index in [1.807, 2.05) is 24.3 Å². The number of fused-ring (bicyclic) bond motifs is 1. The number of nitrogens with two attached hydrogens (primary N) is 1. The number of hydrogen-bond donors (Lipinski definition) is 4. The molecule has 276 valence electrons. The summed E-state index contributed by atoms with van der Waals surface area (Å²) in [4.78, 5) is 26.3. The molecule has 0 saturated heterocycles. The maximum atomic E-state index is 13.5. The van der Waals surface area contributed by atoms with Crippen LogP contribution in [-0.2, 0) is 30.8 Å². The molecule has 1 aliphatic heterocycles. The molecule has 4 aromatic carbocycles. The van der Waals surface area contributed by atoms with Crippen LogP contribution in [0.25, 0.3) is 11.0 Å². The fourth-order valence-corrected chi connectivity index (χ4v) is 7.33. The highest BCUT2D eigenvalue weighted by Crippen LogP contribution is 2.36. The van der Waals surface area contributed by atoms with E-state index in [0.29, 0.717) is 34.7 Å². The molecule has 2 atom stereocenters. The number of methoxy groups -OCH3 is 1. The van der Waals surface area contributed by atoms with Gasteiger partial charge in [0, 0.05) is 48.5 Å². The first-order valence-electron chi connectivity index (χ1n) is 16.9. The van der Waals surface area contributed by atoms with Crippen LogP contribution in [0.3, 0.4) is 0 Å². The molecule has 14 heteroatoms. The smallest absolute Gasteiger partial charge is 0.286 e. The Labute approximate surface area is 307 Å². The molecule has 0 saturated carbocycles. The first-order valence-corrected chi connectivity index (χ1v) is 18.3. The number of carbonyl (C=O) groups excluding carboxylic acids is 2. The zero-order valence-electron chi connectivity index (χ0n) is 28.9. The number of nitrogens with zero attached hydrogens (tertiary/aromatic N) is 1. The van der Waals surface area contributed by atoms with Crippen LogP contribution in [0.5, 0.6) is 5.75 Å². The Morgan fingerprint density at radius 3 is 2.42 bits per heavy atom. The van der Waals surface area contributed by atoms with Gasteiger partial charge in [-0.05, 0) is 66.2 Å². The monoisotopic (exact) mass is 740 g/mol. The highest BCUT2D eigenvalue weighted by Gasteiger charge is 2.31. The second kappa shape index (κ2) is 16.8. The summed E-state index contributed by atoms with van der Waals surface area (Å²) in [7, 11) is -2.47. The summed E-state index contributed by atoms with van der Waals surface area (Å²) >= 11 is 0. The second-order valence-corrected chi connectivity index (χ2v) is 14.1. The molecule has 13 nitrogen and oxygen atoms in total. The fraction of sp³-hybridized carbons (Fsp3) is 0.231. The lowest BCUT2D eigenvalue weighted by molar-refractivity contribution is -0.146. The van der Waals surface area contributed by atoms with Gasteiger partial charge < -0.3 is 40.1 Å². The largest absolute Gasteiger partial charge is 0.497 e. The maximum absolute atomic E-state index is 13.5. The average Bonchev–Trinajstić information content (AvgIpc) is 3.62. The molecule has 5 N–H and O–H groups in total. The van der Waals surface area contributed by atoms with Gasteiger partial charge >= 0.3 is 0 Å². The zero-order chi connectivity index (χ0) is 37.4. The molecule has 1 aliphatic rings. The molecule has 2 heterocycles. The van der Waals surface area contributed by atoms with Gasteiger partial charge in [0.15, 0.2) is 5.76 Å². The van der Waals surface area contributed by atoms with E-state index in [0.717, 1.165) is 20.8 Å². The van der Waals surface area contributed by atoms with Crippen molar-refractivity contribution < 1.29 is 41.7 Å². The van der Waals surface area contributed by atoms with Crippen molar-refractivity contribution >= 4 is 44.2 Å². The van der Waals surface area contributed by atoms with Gasteiger partial charge in [-0.2, -0.15) is 4.31 Å². The molecule has 5 aromatic rings. The highest BCUT2D eigenvalue weighted by atomic mass is 32.2. The second-order valence-electron chi connectivity index (χ2n) is 12.2. The molecule has 0 radical (unpaired) electrons. The van der Waals surface area contributed by atoms with Crippen molar-refractivity contribution in [1.82, 2.24) is 9.62 Å². The minimum atomic E-state index is -3.96. The first kappa shape index (κ1) is 37.1. The number of sulfonamides is 1. The molecule has 2 amide bonds. The molecule has 6 rings (SSSR count). The number of allylic oxidation sites excluding steroid dienone is 1. The number of para-hydroxylation sites is 3. The van der Waals surface area contributed by atoms with E-state index in [2.05, 4.69) is 10.6 Å². The highest BCUT2D eigenvalue weighted by molar-refractivity contribution is 7.89. The van der Waals surface area contributed by atoms with Gasteiger partial charge in [-0.15, -0.1) is 0 Å². The molecule has 1 aromatic heterocycles. The number of carbonyl (C=O) groups is 2. The number of aliphatic hydroxyl groups excluding tert-OH is 1. The number of nitrogens with one attached hydrogen (secondary N) is 2. The van der Waals surface area contributed by atoms with Crippen molar-refractivity contribution in [2.45, 2.75) is 30.1 Å². The number of furan rings is 1. The molecule has 0 spiro atoms. The summed E-state index contributed by atoms with van der Waals surface area (Å²) < 4.78 is 51.0. The van der Waals surface area contributed by atoms with Gasteiger partial charge in [0.05, 0.1) is 42.9 Å². The standard InChI is InChI=1S/C39H40N4O9S/c1-49-29-14-16-30(17-15-29)53(47,48)43(18-20-44)19-21-50-37-23-28(32-25-51-35-9-5-2-6-31(32)35)22-36(52-37)39(46)41-24-26-10-12-27(13-11-26)38(45)42-34-8-4-3-7-33(34)40/h2-17,22,25,28,37,44H,18-21,23-24,40H2,1H3,(H,41,46)(H,42,45). The van der Waals surface area contributed by atoms with Crippen LogP contribution in [0.4, 0.5) is 11.4 Å². The normalized spacial score (nSPS) is 15.8.